The minimum Gasteiger partial charge on any atom is -0.494 e. The summed E-state index contributed by atoms with van der Waals surface area (Å²) in [6.45, 7) is 12.1. The number of carbonyl (C=O) groups excluding carboxylic acids is 3. The van der Waals surface area contributed by atoms with Gasteiger partial charge in [0.05, 0.1) is 19.0 Å². The summed E-state index contributed by atoms with van der Waals surface area (Å²) in [5, 5.41) is 10.8. The molecular weight excluding hydrogens is 821 g/mol. The molecule has 0 saturated carbocycles. The molecule has 1 atom stereocenters. The molecule has 62 heavy (non-hydrogen) atoms. The Balaban J connectivity index is 0.783. The molecule has 0 bridgehead atoms. The molecule has 1 unspecified atom stereocenters. The van der Waals surface area contributed by atoms with Crippen LogP contribution in [0, 0.1) is 11.8 Å². The summed E-state index contributed by atoms with van der Waals surface area (Å²) >= 11 is 6.53. The Morgan fingerprint density at radius 3 is 2.52 bits per heavy atom. The van der Waals surface area contributed by atoms with Crippen LogP contribution in [-0.2, 0) is 20.9 Å². The number of hydrogen-bond acceptors (Lipinski definition) is 12. The maximum absolute atomic E-state index is 12.6. The summed E-state index contributed by atoms with van der Waals surface area (Å²) in [6.07, 6.45) is 6.23. The second-order valence-corrected chi connectivity index (χ2v) is 19.0. The number of imide groups is 1. The van der Waals surface area contributed by atoms with Gasteiger partial charge in [-0.25, -0.2) is 9.78 Å². The monoisotopic (exact) mass is 873 g/mol. The molecule has 1 aromatic heterocycles. The van der Waals surface area contributed by atoms with Crippen molar-refractivity contribution < 1.29 is 19.1 Å². The Bertz CT molecular complexity index is 2420. The second-order valence-electron chi connectivity index (χ2n) is 16.3. The number of piperazine rings is 1. The molecule has 3 N–H and O–H groups in total. The number of carbonyl (C=O) groups is 2. The third-order valence-corrected chi connectivity index (χ3v) is 13.9. The maximum atomic E-state index is 12.6. The number of hydrogen-bond donors (Lipinski definition) is 3. The zero-order valence-electron chi connectivity index (χ0n) is 35.5. The van der Waals surface area contributed by atoms with Crippen LogP contribution in [0.3, 0.4) is 0 Å². The molecule has 322 valence electrons. The molecule has 4 aliphatic heterocycles. The average molecular weight is 874 g/mol. The Hall–Kier alpha value is -5.47. The van der Waals surface area contributed by atoms with Gasteiger partial charge in [-0.05, 0) is 80.7 Å². The van der Waals surface area contributed by atoms with Crippen LogP contribution in [0.15, 0.2) is 66.9 Å². The van der Waals surface area contributed by atoms with E-state index in [2.05, 4.69) is 79.0 Å². The highest BCUT2D eigenvalue weighted by Crippen LogP contribution is 2.37. The van der Waals surface area contributed by atoms with Gasteiger partial charge in [0.15, 0.2) is 11.8 Å². The Kier molecular flexibility index (Phi) is 13.7. The van der Waals surface area contributed by atoms with Crippen molar-refractivity contribution in [1.29, 1.82) is 0 Å². The van der Waals surface area contributed by atoms with Crippen LogP contribution in [0.5, 0.6) is 5.75 Å². The summed E-state index contributed by atoms with van der Waals surface area (Å²) in [6, 6.07) is 20.2. The number of nitrogens with zero attached hydrogens (tertiary/aromatic N) is 6. The maximum Gasteiger partial charge on any atom is 0.249 e. The fourth-order valence-electron chi connectivity index (χ4n) is 8.96. The fourth-order valence-corrected chi connectivity index (χ4v) is 10.1. The summed E-state index contributed by atoms with van der Waals surface area (Å²) < 4.78 is 5.84. The number of benzene rings is 3. The lowest BCUT2D eigenvalue weighted by molar-refractivity contribution is -0.136. The second kappa shape index (κ2) is 19.7. The van der Waals surface area contributed by atoms with Gasteiger partial charge in [0.1, 0.15) is 22.5 Å². The third-order valence-electron chi connectivity index (χ3n) is 12.3. The van der Waals surface area contributed by atoms with Crippen LogP contribution >= 0.6 is 19.5 Å². The molecule has 3 aromatic carbocycles. The van der Waals surface area contributed by atoms with Crippen molar-refractivity contribution in [3.8, 4) is 17.6 Å². The summed E-state index contributed by atoms with van der Waals surface area (Å²) in [5.74, 6) is 9.80. The molecule has 0 aliphatic carbocycles. The van der Waals surface area contributed by atoms with Gasteiger partial charge in [0.2, 0.25) is 17.8 Å². The molecule has 4 aliphatic rings. The Morgan fingerprint density at radius 2 is 1.76 bits per heavy atom. The molecule has 5 heterocycles. The van der Waals surface area contributed by atoms with Crippen LogP contribution in [-0.4, -0.2) is 121 Å². The first kappa shape index (κ1) is 43.2. The predicted octanol–water partition coefficient (Wildman–Crippen LogP) is 6.20. The quantitative estimate of drug-likeness (QED) is 0.0492. The van der Waals surface area contributed by atoms with E-state index in [1.54, 1.807) is 18.2 Å². The van der Waals surface area contributed by atoms with Gasteiger partial charge < -0.3 is 30.1 Å². The van der Waals surface area contributed by atoms with E-state index < -0.39 is 6.04 Å². The van der Waals surface area contributed by atoms with Crippen molar-refractivity contribution >= 4 is 77.1 Å². The molecule has 3 saturated heterocycles. The van der Waals surface area contributed by atoms with Crippen LogP contribution in [0.4, 0.5) is 28.8 Å². The largest absolute Gasteiger partial charge is 0.494 e. The normalized spacial score (nSPS) is 18.5. The number of aromatic nitrogens is 2. The SMILES string of the molecule is COc1cc(N2CCC(N3CCN(CCCC#Cc4cccc5c4CN(C4CCC(=O)NC4=O)C5=C=O)CC3)CC2)ccc1Nc1ncc(Cl)c(Nc2ccccc2P(C)C)n1. The first-order chi connectivity index (χ1) is 30.2. The number of unbranched alkanes of at least 4 members (excludes halogenated alkanes) is 1. The van der Waals surface area contributed by atoms with Crippen LogP contribution < -0.4 is 30.9 Å². The lowest BCUT2D eigenvalue weighted by atomic mass is 10.0. The van der Waals surface area contributed by atoms with Crippen molar-refractivity contribution in [2.75, 3.05) is 81.8 Å². The smallest absolute Gasteiger partial charge is 0.249 e. The van der Waals surface area contributed by atoms with Crippen LogP contribution in [0.1, 0.15) is 55.2 Å². The Morgan fingerprint density at radius 1 is 0.952 bits per heavy atom. The highest BCUT2D eigenvalue weighted by atomic mass is 35.5. The van der Waals surface area contributed by atoms with E-state index in [9.17, 15) is 14.4 Å². The number of nitrogens with one attached hydrogen (secondary N) is 3. The van der Waals surface area contributed by atoms with E-state index in [4.69, 9.17) is 21.3 Å². The van der Waals surface area contributed by atoms with E-state index in [0.29, 0.717) is 41.5 Å². The van der Waals surface area contributed by atoms with E-state index >= 15 is 0 Å². The number of fused-ring (bicyclic) bond motifs is 1. The van der Waals surface area contributed by atoms with Crippen molar-refractivity contribution in [2.24, 2.45) is 0 Å². The first-order valence-electron chi connectivity index (χ1n) is 21.4. The Labute approximate surface area is 370 Å². The van der Waals surface area contributed by atoms with E-state index in [1.807, 2.05) is 48.4 Å². The minimum atomic E-state index is -0.571. The van der Waals surface area contributed by atoms with E-state index in [-0.39, 0.29) is 26.2 Å². The van der Waals surface area contributed by atoms with Crippen molar-refractivity contribution in [1.82, 2.24) is 30.0 Å². The highest BCUT2D eigenvalue weighted by Gasteiger charge is 2.38. The number of para-hydroxylation sites is 1. The topological polar surface area (TPSA) is 135 Å². The minimum absolute atomic E-state index is 0.252. The number of amides is 2. The summed E-state index contributed by atoms with van der Waals surface area (Å²) in [4.78, 5) is 54.9. The van der Waals surface area contributed by atoms with E-state index in [0.717, 1.165) is 111 Å². The number of halogens is 1. The summed E-state index contributed by atoms with van der Waals surface area (Å²) in [7, 11) is 1.37. The standard InChI is InChI=1S/C47H53ClN9O4P/c1-61-42-28-34(15-16-38(42)51-47-49-29-37(48)45(53-47)50-39-13-6-7-14-43(39)62(2)3)55-22-19-33(20-23-55)56-26-24-54(25-27-56)21-8-4-5-10-32-11-9-12-35-36(32)30-57(41(35)31-58)40-17-18-44(59)52-46(40)60/h6-7,9,11-16,28-29,33,40H,4,8,17-27,30H2,1-3H3,(H,52,59,60)(H2,49,50,51,53). The predicted molar refractivity (Wildman–Crippen MR) is 248 cm³/mol. The van der Waals surface area contributed by atoms with Crippen molar-refractivity contribution in [3.63, 3.8) is 0 Å². The van der Waals surface area contributed by atoms with Gasteiger partial charge in [-0.2, -0.15) is 4.98 Å². The van der Waals surface area contributed by atoms with E-state index in [1.165, 1.54) is 5.30 Å². The number of methoxy groups -OCH3 is 1. The molecule has 15 heteroatoms. The van der Waals surface area contributed by atoms with Gasteiger partial charge in [0.25, 0.3) is 0 Å². The number of ether oxygens (including phenoxy) is 1. The number of piperidine rings is 2. The average Bonchev–Trinajstić information content (AvgIpc) is 3.67. The van der Waals surface area contributed by atoms with Gasteiger partial charge in [0, 0.05) is 93.3 Å². The highest BCUT2D eigenvalue weighted by molar-refractivity contribution is 7.64. The first-order valence-corrected chi connectivity index (χ1v) is 24.0. The fraction of sp³-hybridized carbons (Fsp3) is 0.404. The number of rotatable bonds is 12. The molecule has 3 fully saturated rings. The van der Waals surface area contributed by atoms with Crippen LogP contribution in [0.2, 0.25) is 5.02 Å². The van der Waals surface area contributed by atoms with Gasteiger partial charge >= 0.3 is 0 Å². The number of anilines is 5. The zero-order chi connectivity index (χ0) is 43.2. The van der Waals surface area contributed by atoms with Crippen molar-refractivity contribution in [2.45, 2.75) is 57.2 Å². The molecule has 2 amide bonds. The third kappa shape index (κ3) is 9.76. The van der Waals surface area contributed by atoms with Gasteiger partial charge in [-0.3, -0.25) is 19.8 Å². The zero-order valence-corrected chi connectivity index (χ0v) is 37.2. The molecule has 13 nitrogen and oxygen atoms in total. The molecule has 8 rings (SSSR count). The lowest BCUT2D eigenvalue weighted by Crippen LogP contribution is -2.53. The summed E-state index contributed by atoms with van der Waals surface area (Å²) in [5.41, 5.74) is 5.84. The molecule has 4 aromatic rings. The lowest BCUT2D eigenvalue weighted by Gasteiger charge is -2.43. The molecule has 0 spiro atoms. The van der Waals surface area contributed by atoms with Crippen LogP contribution in [0.25, 0.3) is 5.70 Å². The molecular formula is C47H53ClN9O4P. The van der Waals surface area contributed by atoms with Gasteiger partial charge in [-0.15, -0.1) is 0 Å². The van der Waals surface area contributed by atoms with Gasteiger partial charge in [-0.1, -0.05) is 61.7 Å². The van der Waals surface area contributed by atoms with Crippen molar-refractivity contribution in [3.05, 3.63) is 88.6 Å². The molecule has 0 radical (unpaired) electrons.